The fourth-order valence-electron chi connectivity index (χ4n) is 4.81. The molecule has 0 radical (unpaired) electrons. The second-order valence-electron chi connectivity index (χ2n) is 8.74. The van der Waals surface area contributed by atoms with Gasteiger partial charge in [0.15, 0.2) is 0 Å². The molecule has 2 amide bonds. The van der Waals surface area contributed by atoms with Gasteiger partial charge in [0.05, 0.1) is 7.11 Å². The normalized spacial score (nSPS) is 19.0. The van der Waals surface area contributed by atoms with Crippen molar-refractivity contribution in [1.82, 2.24) is 19.7 Å². The van der Waals surface area contributed by atoms with Gasteiger partial charge in [-0.3, -0.25) is 9.59 Å². The van der Waals surface area contributed by atoms with Crippen molar-refractivity contribution in [3.63, 3.8) is 0 Å². The van der Waals surface area contributed by atoms with Crippen LogP contribution < -0.4 is 10.1 Å². The van der Waals surface area contributed by atoms with Crippen LogP contribution in [0.1, 0.15) is 28.4 Å². The number of fused-ring (bicyclic) bond motifs is 2. The minimum atomic E-state index is -0.286. The summed E-state index contributed by atoms with van der Waals surface area (Å²) in [6, 6.07) is 17.3. The molecular weight excluding hydrogens is 418 g/mol. The molecule has 0 spiro atoms. The maximum absolute atomic E-state index is 12.9. The second kappa shape index (κ2) is 9.05. The van der Waals surface area contributed by atoms with Crippen molar-refractivity contribution in [3.05, 3.63) is 71.8 Å². The summed E-state index contributed by atoms with van der Waals surface area (Å²) in [5.74, 6) is 2.43. The van der Waals surface area contributed by atoms with Crippen molar-refractivity contribution >= 4 is 17.5 Å². The summed E-state index contributed by atoms with van der Waals surface area (Å²) in [4.78, 5) is 27.7. The topological polar surface area (TPSA) is 89.3 Å². The number of carbonyl (C=O) groups excluding carboxylic acids is 2. The summed E-state index contributed by atoms with van der Waals surface area (Å²) in [6.45, 7) is 2.12. The van der Waals surface area contributed by atoms with Crippen LogP contribution in [-0.2, 0) is 24.2 Å². The molecule has 5 rings (SSSR count). The number of rotatable bonds is 6. The van der Waals surface area contributed by atoms with Crippen molar-refractivity contribution in [1.29, 1.82) is 0 Å². The van der Waals surface area contributed by atoms with Gasteiger partial charge in [-0.15, -0.1) is 10.2 Å². The highest BCUT2D eigenvalue weighted by molar-refractivity contribution is 6.01. The van der Waals surface area contributed by atoms with Gasteiger partial charge in [0, 0.05) is 38.2 Å². The second-order valence-corrected chi connectivity index (χ2v) is 8.74. The Kier molecular flexibility index (Phi) is 5.81. The molecule has 2 aliphatic heterocycles. The summed E-state index contributed by atoms with van der Waals surface area (Å²) >= 11 is 0. The lowest BCUT2D eigenvalue weighted by Gasteiger charge is -2.25. The highest BCUT2D eigenvalue weighted by atomic mass is 16.5. The van der Waals surface area contributed by atoms with E-state index in [2.05, 4.69) is 27.6 Å². The summed E-state index contributed by atoms with van der Waals surface area (Å²) in [7, 11) is 1.60. The predicted molar refractivity (Wildman–Crippen MR) is 123 cm³/mol. The Labute approximate surface area is 192 Å². The molecule has 1 aromatic heterocycles. The van der Waals surface area contributed by atoms with Crippen LogP contribution in [0.3, 0.4) is 0 Å². The van der Waals surface area contributed by atoms with E-state index in [1.54, 1.807) is 31.4 Å². The Morgan fingerprint density at radius 3 is 2.52 bits per heavy atom. The third-order valence-corrected chi connectivity index (χ3v) is 6.64. The first-order chi connectivity index (χ1) is 16.1. The first-order valence-electron chi connectivity index (χ1n) is 11.3. The first kappa shape index (κ1) is 21.2. The van der Waals surface area contributed by atoms with Crippen molar-refractivity contribution in [3.8, 4) is 5.75 Å². The van der Waals surface area contributed by atoms with Gasteiger partial charge in [0.25, 0.3) is 5.91 Å². The molecule has 170 valence electrons. The molecule has 1 N–H and O–H groups in total. The third kappa shape index (κ3) is 4.46. The average Bonchev–Trinajstić information content (AvgIpc) is 3.45. The lowest BCUT2D eigenvalue weighted by molar-refractivity contribution is -0.130. The Hall–Kier alpha value is -3.68. The van der Waals surface area contributed by atoms with Gasteiger partial charge >= 0.3 is 0 Å². The maximum Gasteiger partial charge on any atom is 0.293 e. The zero-order valence-corrected chi connectivity index (χ0v) is 18.6. The quantitative estimate of drug-likeness (QED) is 0.630. The van der Waals surface area contributed by atoms with Gasteiger partial charge < -0.3 is 19.5 Å². The zero-order chi connectivity index (χ0) is 22.8. The van der Waals surface area contributed by atoms with E-state index in [0.717, 1.165) is 37.5 Å². The molecule has 0 aliphatic carbocycles. The van der Waals surface area contributed by atoms with E-state index in [1.807, 2.05) is 27.7 Å². The van der Waals surface area contributed by atoms with Gasteiger partial charge in [0.1, 0.15) is 11.6 Å². The number of hydrogen-bond donors (Lipinski definition) is 1. The molecule has 0 bridgehead atoms. The summed E-state index contributed by atoms with van der Waals surface area (Å²) in [5, 5.41) is 11.3. The van der Waals surface area contributed by atoms with Crippen LogP contribution in [-0.4, -0.2) is 51.7 Å². The van der Waals surface area contributed by atoms with E-state index in [9.17, 15) is 9.59 Å². The molecule has 2 atom stereocenters. The predicted octanol–water partition coefficient (Wildman–Crippen LogP) is 2.80. The van der Waals surface area contributed by atoms with Crippen LogP contribution in [0.15, 0.2) is 54.6 Å². The highest BCUT2D eigenvalue weighted by Gasteiger charge is 2.40. The number of anilines is 1. The summed E-state index contributed by atoms with van der Waals surface area (Å²) in [6.07, 6.45) is 2.01. The molecule has 1 fully saturated rings. The van der Waals surface area contributed by atoms with E-state index < -0.39 is 0 Å². The standard InChI is InChI=1S/C25H27N5O3/c1-33-21-10-8-20(9-11-21)26-25(32)24-28-27-22-13-18-14-29(15-19(18)16-30(22)24)23(31)12-7-17-5-3-2-4-6-17/h2-6,8-11,18-19H,7,12-16H2,1H3,(H,26,32)/t18-,19-/m0/s1. The number of nitrogens with one attached hydrogen (secondary N) is 1. The number of likely N-dealkylation sites (tertiary alicyclic amines) is 1. The SMILES string of the molecule is COc1ccc(NC(=O)c2nnc3n2C[C@@H]2CN(C(=O)CCc4ccccc4)C[C@@H]2C3)cc1. The highest BCUT2D eigenvalue weighted by Crippen LogP contribution is 2.33. The van der Waals surface area contributed by atoms with E-state index in [0.29, 0.717) is 36.3 Å². The van der Waals surface area contributed by atoms with Crippen LogP contribution in [0.4, 0.5) is 5.69 Å². The van der Waals surface area contributed by atoms with Crippen LogP contribution in [0.25, 0.3) is 0 Å². The number of ether oxygens (including phenoxy) is 1. The number of methoxy groups -OCH3 is 1. The molecule has 1 saturated heterocycles. The zero-order valence-electron chi connectivity index (χ0n) is 18.6. The molecule has 0 unspecified atom stereocenters. The van der Waals surface area contributed by atoms with E-state index in [4.69, 9.17) is 4.74 Å². The number of benzene rings is 2. The molecule has 2 aromatic carbocycles. The third-order valence-electron chi connectivity index (χ3n) is 6.64. The fourth-order valence-corrected chi connectivity index (χ4v) is 4.81. The number of hydrogen-bond acceptors (Lipinski definition) is 5. The van der Waals surface area contributed by atoms with Crippen LogP contribution in [0.5, 0.6) is 5.75 Å². The van der Waals surface area contributed by atoms with Crippen LogP contribution in [0.2, 0.25) is 0 Å². The smallest absolute Gasteiger partial charge is 0.293 e. The molecule has 3 heterocycles. The lowest BCUT2D eigenvalue weighted by Crippen LogP contribution is -2.31. The molecule has 0 saturated carbocycles. The number of carbonyl (C=O) groups is 2. The van der Waals surface area contributed by atoms with Gasteiger partial charge in [-0.1, -0.05) is 30.3 Å². The monoisotopic (exact) mass is 445 g/mol. The van der Waals surface area contributed by atoms with E-state index in [1.165, 1.54) is 5.56 Å². The Bertz CT molecular complexity index is 1140. The Morgan fingerprint density at radius 1 is 1.00 bits per heavy atom. The Morgan fingerprint density at radius 2 is 1.76 bits per heavy atom. The lowest BCUT2D eigenvalue weighted by atomic mass is 9.89. The summed E-state index contributed by atoms with van der Waals surface area (Å²) in [5.41, 5.74) is 1.85. The van der Waals surface area contributed by atoms with Gasteiger partial charge in [-0.05, 0) is 48.1 Å². The van der Waals surface area contributed by atoms with Gasteiger partial charge in [-0.2, -0.15) is 0 Å². The van der Waals surface area contributed by atoms with Crippen molar-refractivity contribution < 1.29 is 14.3 Å². The van der Waals surface area contributed by atoms with Gasteiger partial charge in [0.2, 0.25) is 11.7 Å². The number of nitrogens with zero attached hydrogens (tertiary/aromatic N) is 4. The van der Waals surface area contributed by atoms with E-state index >= 15 is 0 Å². The molecule has 8 nitrogen and oxygen atoms in total. The van der Waals surface area contributed by atoms with E-state index in [-0.39, 0.29) is 11.8 Å². The minimum absolute atomic E-state index is 0.196. The van der Waals surface area contributed by atoms with Crippen molar-refractivity contribution in [2.24, 2.45) is 11.8 Å². The first-order valence-corrected chi connectivity index (χ1v) is 11.3. The molecule has 33 heavy (non-hydrogen) atoms. The maximum atomic E-state index is 12.9. The Balaban J connectivity index is 1.21. The van der Waals surface area contributed by atoms with Gasteiger partial charge in [-0.25, -0.2) is 0 Å². The van der Waals surface area contributed by atoms with Crippen LogP contribution >= 0.6 is 0 Å². The minimum Gasteiger partial charge on any atom is -0.497 e. The largest absolute Gasteiger partial charge is 0.497 e. The molecule has 3 aromatic rings. The summed E-state index contributed by atoms with van der Waals surface area (Å²) < 4.78 is 7.07. The number of amides is 2. The molecular formula is C25H27N5O3. The fraction of sp³-hybridized carbons (Fsp3) is 0.360. The van der Waals surface area contributed by atoms with Crippen molar-refractivity contribution in [2.75, 3.05) is 25.5 Å². The van der Waals surface area contributed by atoms with Crippen LogP contribution in [0, 0.1) is 11.8 Å². The molecule has 8 heteroatoms. The number of aromatic nitrogens is 3. The molecule has 2 aliphatic rings. The average molecular weight is 446 g/mol. The van der Waals surface area contributed by atoms with Crippen molar-refractivity contribution in [2.45, 2.75) is 25.8 Å². The number of aryl methyl sites for hydroxylation is 1.